The Bertz CT molecular complexity index is 321. The van der Waals surface area contributed by atoms with E-state index in [9.17, 15) is 0 Å². The molecule has 0 aliphatic carbocycles. The van der Waals surface area contributed by atoms with Gasteiger partial charge in [0.25, 0.3) is 0 Å². The molecule has 15 heavy (non-hydrogen) atoms. The van der Waals surface area contributed by atoms with Crippen LogP contribution in [-0.2, 0) is 10.4 Å². The third-order valence-corrected chi connectivity index (χ3v) is 0.936. The van der Waals surface area contributed by atoms with Crippen LogP contribution >= 0.6 is 0 Å². The standard InChI is InChI=1S/C6H8N2.2H3N.H2O4S/c7-5-1-2-6(8)4-3-5;;;1-5(2,3)4/h1-4H,7-8H2;2*1H3;(H2,1,2,3,4). The fraction of sp³-hybridized carbons (Fsp3) is 0. The lowest BCUT2D eigenvalue weighted by Crippen LogP contribution is -1.89. The molecule has 90 valence electrons. The van der Waals surface area contributed by atoms with Gasteiger partial charge in [-0.3, -0.25) is 9.11 Å². The van der Waals surface area contributed by atoms with Crippen LogP contribution in [0, 0.1) is 0 Å². The second-order valence-corrected chi connectivity index (χ2v) is 3.01. The number of rotatable bonds is 0. The summed E-state index contributed by atoms with van der Waals surface area (Å²) < 4.78 is 31.6. The van der Waals surface area contributed by atoms with E-state index in [1.54, 1.807) is 24.3 Å². The molecule has 0 atom stereocenters. The summed E-state index contributed by atoms with van der Waals surface area (Å²) in [6.45, 7) is 0. The summed E-state index contributed by atoms with van der Waals surface area (Å²) in [5, 5.41) is 0. The Hall–Kier alpha value is -1.39. The molecule has 0 unspecified atom stereocenters. The molecule has 0 heterocycles. The molecule has 0 radical (unpaired) electrons. The van der Waals surface area contributed by atoms with Gasteiger partial charge in [0.2, 0.25) is 0 Å². The van der Waals surface area contributed by atoms with Crippen molar-refractivity contribution in [2.45, 2.75) is 0 Å². The van der Waals surface area contributed by atoms with E-state index in [1.165, 1.54) is 0 Å². The second kappa shape index (κ2) is 7.96. The molecule has 1 aromatic rings. The summed E-state index contributed by atoms with van der Waals surface area (Å²) in [5.74, 6) is 0. The minimum Gasteiger partial charge on any atom is -0.399 e. The van der Waals surface area contributed by atoms with Crippen LogP contribution in [0.1, 0.15) is 0 Å². The lowest BCUT2D eigenvalue weighted by atomic mass is 10.3. The van der Waals surface area contributed by atoms with Gasteiger partial charge in [-0.2, -0.15) is 8.42 Å². The van der Waals surface area contributed by atoms with E-state index in [4.69, 9.17) is 29.0 Å². The summed E-state index contributed by atoms with van der Waals surface area (Å²) >= 11 is 0. The first-order valence-corrected chi connectivity index (χ1v) is 4.49. The van der Waals surface area contributed by atoms with Crippen LogP contribution in [0.15, 0.2) is 24.3 Å². The summed E-state index contributed by atoms with van der Waals surface area (Å²) in [7, 11) is -4.67. The van der Waals surface area contributed by atoms with Crippen LogP contribution in [0.25, 0.3) is 0 Å². The highest BCUT2D eigenvalue weighted by Crippen LogP contribution is 2.04. The molecule has 0 saturated carbocycles. The molecule has 0 aliphatic heterocycles. The maximum absolute atomic E-state index is 8.74. The van der Waals surface area contributed by atoms with Crippen LogP contribution in [-0.4, -0.2) is 17.5 Å². The Labute approximate surface area is 88.0 Å². The fourth-order valence-electron chi connectivity index (χ4n) is 0.496. The van der Waals surface area contributed by atoms with Crippen molar-refractivity contribution in [1.29, 1.82) is 0 Å². The molecule has 0 fully saturated rings. The molecule has 9 heteroatoms. The van der Waals surface area contributed by atoms with Crippen molar-refractivity contribution in [3.63, 3.8) is 0 Å². The quantitative estimate of drug-likeness (QED) is 0.278. The first kappa shape index (κ1) is 19.2. The maximum Gasteiger partial charge on any atom is 0.394 e. The van der Waals surface area contributed by atoms with E-state index in [0.29, 0.717) is 0 Å². The number of benzene rings is 1. The predicted octanol–water partition coefficient (Wildman–Crippen LogP) is 0.522. The third kappa shape index (κ3) is 19.1. The topological polar surface area (TPSA) is 197 Å². The molecule has 8 nitrogen and oxygen atoms in total. The number of anilines is 2. The first-order valence-electron chi connectivity index (χ1n) is 3.10. The van der Waals surface area contributed by atoms with Gasteiger partial charge in [-0.15, -0.1) is 0 Å². The van der Waals surface area contributed by atoms with Gasteiger partial charge in [0, 0.05) is 11.4 Å². The van der Waals surface area contributed by atoms with Crippen LogP contribution < -0.4 is 23.8 Å². The molecule has 1 rings (SSSR count). The summed E-state index contributed by atoms with van der Waals surface area (Å²) in [6, 6.07) is 7.09. The molecule has 0 spiro atoms. The number of hydrogen-bond acceptors (Lipinski definition) is 6. The average molecular weight is 240 g/mol. The van der Waals surface area contributed by atoms with E-state index >= 15 is 0 Å². The van der Waals surface area contributed by atoms with Crippen molar-refractivity contribution in [2.75, 3.05) is 11.5 Å². The van der Waals surface area contributed by atoms with E-state index in [1.807, 2.05) is 0 Å². The Morgan fingerprint density at radius 3 is 1.13 bits per heavy atom. The van der Waals surface area contributed by atoms with Gasteiger partial charge in [-0.05, 0) is 24.3 Å². The van der Waals surface area contributed by atoms with E-state index in [2.05, 4.69) is 0 Å². The van der Waals surface area contributed by atoms with Crippen molar-refractivity contribution in [3.8, 4) is 0 Å². The van der Waals surface area contributed by atoms with Gasteiger partial charge in [0.05, 0.1) is 0 Å². The zero-order valence-corrected chi connectivity index (χ0v) is 8.81. The van der Waals surface area contributed by atoms with Gasteiger partial charge in [0.1, 0.15) is 0 Å². The minimum absolute atomic E-state index is 0. The summed E-state index contributed by atoms with van der Waals surface area (Å²) in [6.07, 6.45) is 0. The number of hydrogen-bond donors (Lipinski definition) is 6. The average Bonchev–Trinajstić information content (AvgIpc) is 1.92. The highest BCUT2D eigenvalue weighted by molar-refractivity contribution is 7.79. The zero-order chi connectivity index (χ0) is 10.5. The SMILES string of the molecule is N.N.Nc1ccc(N)cc1.O=S(=O)(O)O. The zero-order valence-electron chi connectivity index (χ0n) is 8.00. The van der Waals surface area contributed by atoms with E-state index in [-0.39, 0.29) is 12.3 Å². The Kier molecular flexibility index (Phi) is 10.2. The van der Waals surface area contributed by atoms with Crippen LogP contribution in [0.4, 0.5) is 11.4 Å². The molecule has 0 bridgehead atoms. The van der Waals surface area contributed by atoms with Crippen molar-refractivity contribution >= 4 is 21.8 Å². The summed E-state index contributed by atoms with van der Waals surface area (Å²) in [4.78, 5) is 0. The molecule has 1 aromatic carbocycles. The molecular formula is C6H16N4O4S. The van der Waals surface area contributed by atoms with Crippen LogP contribution in [0.2, 0.25) is 0 Å². The third-order valence-electron chi connectivity index (χ3n) is 0.936. The number of nitrogens with two attached hydrogens (primary N) is 2. The first-order chi connectivity index (χ1) is 5.79. The highest BCUT2D eigenvalue weighted by Gasteiger charge is 1.84. The Morgan fingerprint density at radius 1 is 0.867 bits per heavy atom. The van der Waals surface area contributed by atoms with Crippen molar-refractivity contribution in [3.05, 3.63) is 24.3 Å². The van der Waals surface area contributed by atoms with Crippen LogP contribution in [0.5, 0.6) is 0 Å². The van der Waals surface area contributed by atoms with Crippen molar-refractivity contribution < 1.29 is 17.5 Å². The molecular weight excluding hydrogens is 224 g/mol. The second-order valence-electron chi connectivity index (χ2n) is 2.11. The Balaban J connectivity index is -0.000000185. The Morgan fingerprint density at radius 2 is 1.00 bits per heavy atom. The van der Waals surface area contributed by atoms with Crippen LogP contribution in [0.3, 0.4) is 0 Å². The monoisotopic (exact) mass is 240 g/mol. The van der Waals surface area contributed by atoms with Crippen molar-refractivity contribution in [2.24, 2.45) is 0 Å². The molecule has 0 saturated heterocycles. The van der Waals surface area contributed by atoms with Crippen molar-refractivity contribution in [1.82, 2.24) is 12.3 Å². The van der Waals surface area contributed by atoms with E-state index in [0.717, 1.165) is 11.4 Å². The van der Waals surface area contributed by atoms with Gasteiger partial charge < -0.3 is 23.8 Å². The fourth-order valence-corrected chi connectivity index (χ4v) is 0.496. The van der Waals surface area contributed by atoms with Gasteiger partial charge in [-0.1, -0.05) is 0 Å². The molecule has 0 amide bonds. The molecule has 12 N–H and O–H groups in total. The van der Waals surface area contributed by atoms with Gasteiger partial charge in [0.15, 0.2) is 0 Å². The normalized spacial score (nSPS) is 8.67. The smallest absolute Gasteiger partial charge is 0.394 e. The lowest BCUT2D eigenvalue weighted by Gasteiger charge is -1.90. The van der Waals surface area contributed by atoms with Gasteiger partial charge in [-0.25, -0.2) is 0 Å². The molecule has 0 aromatic heterocycles. The lowest BCUT2D eigenvalue weighted by molar-refractivity contribution is 0.381. The summed E-state index contributed by atoms with van der Waals surface area (Å²) in [5.41, 5.74) is 12.2. The maximum atomic E-state index is 8.74. The van der Waals surface area contributed by atoms with E-state index < -0.39 is 10.4 Å². The largest absolute Gasteiger partial charge is 0.399 e. The minimum atomic E-state index is -4.67. The molecule has 0 aliphatic rings. The number of nitrogen functional groups attached to an aromatic ring is 2. The highest BCUT2D eigenvalue weighted by atomic mass is 32.3. The van der Waals surface area contributed by atoms with Gasteiger partial charge >= 0.3 is 10.4 Å². The predicted molar refractivity (Wildman–Crippen MR) is 59.5 cm³/mol.